The molecule has 0 aliphatic carbocycles. The van der Waals surface area contributed by atoms with Gasteiger partial charge in [0.2, 0.25) is 11.2 Å². The van der Waals surface area contributed by atoms with E-state index in [2.05, 4.69) is 0 Å². The molecule has 0 atom stereocenters. The molecule has 0 aliphatic rings. The molecule has 0 fully saturated rings. The highest BCUT2D eigenvalue weighted by atomic mass is 35.5. The number of fused-ring (bicyclic) bond motifs is 1. The first-order valence-corrected chi connectivity index (χ1v) is 9.46. The van der Waals surface area contributed by atoms with Gasteiger partial charge in [-0.1, -0.05) is 23.7 Å². The normalized spacial score (nSPS) is 11.4. The van der Waals surface area contributed by atoms with E-state index in [1.54, 1.807) is 6.07 Å². The van der Waals surface area contributed by atoms with Crippen molar-refractivity contribution in [2.75, 3.05) is 26.9 Å². The molecule has 1 aromatic heterocycles. The van der Waals surface area contributed by atoms with Crippen LogP contribution in [-0.4, -0.2) is 32.9 Å². The van der Waals surface area contributed by atoms with Gasteiger partial charge < -0.3 is 23.4 Å². The molecule has 1 heterocycles. The van der Waals surface area contributed by atoms with Gasteiger partial charge in [-0.3, -0.25) is 4.79 Å². The molecule has 0 amide bonds. The number of carbonyl (C=O) groups excluding carboxylic acids is 1. The third kappa shape index (κ3) is 5.51. The van der Waals surface area contributed by atoms with E-state index in [1.165, 1.54) is 37.4 Å². The number of halogens is 4. The van der Waals surface area contributed by atoms with Crippen LogP contribution in [0.4, 0.5) is 13.2 Å². The fourth-order valence-electron chi connectivity index (χ4n) is 2.59. The van der Waals surface area contributed by atoms with Gasteiger partial charge in [0.05, 0.1) is 17.0 Å². The third-order valence-corrected chi connectivity index (χ3v) is 4.35. The quantitative estimate of drug-likeness (QED) is 0.343. The molecule has 11 heteroatoms. The average Bonchev–Trinajstić information content (AvgIpc) is 2.74. The summed E-state index contributed by atoms with van der Waals surface area (Å²) in [5, 5.41) is -0.170. The van der Waals surface area contributed by atoms with Crippen LogP contribution in [0.2, 0.25) is 5.02 Å². The number of methoxy groups -OCH3 is 1. The molecular formula is C21H16ClF3O7. The summed E-state index contributed by atoms with van der Waals surface area (Å²) < 4.78 is 65.8. The van der Waals surface area contributed by atoms with E-state index >= 15 is 0 Å². The molecule has 0 radical (unpaired) electrons. The zero-order chi connectivity index (χ0) is 23.3. The number of hydrogen-bond acceptors (Lipinski definition) is 7. The van der Waals surface area contributed by atoms with Crippen molar-refractivity contribution in [1.82, 2.24) is 0 Å². The van der Waals surface area contributed by atoms with Crippen molar-refractivity contribution in [3.05, 3.63) is 63.5 Å². The monoisotopic (exact) mass is 472 g/mol. The fraction of sp³-hybridized carbons (Fsp3) is 0.238. The molecule has 7 nitrogen and oxygen atoms in total. The number of hydrogen-bond donors (Lipinski definition) is 0. The Labute approximate surface area is 184 Å². The molecule has 0 aliphatic heterocycles. The minimum atomic E-state index is -5.04. The Morgan fingerprint density at radius 2 is 1.88 bits per heavy atom. The smallest absolute Gasteiger partial charge is 0.453 e. The van der Waals surface area contributed by atoms with Crippen molar-refractivity contribution < 1.29 is 41.3 Å². The van der Waals surface area contributed by atoms with Crippen molar-refractivity contribution in [3.8, 4) is 17.2 Å². The van der Waals surface area contributed by atoms with Gasteiger partial charge >= 0.3 is 12.1 Å². The molecule has 0 N–H and O–H groups in total. The third-order valence-electron chi connectivity index (χ3n) is 4.04. The summed E-state index contributed by atoms with van der Waals surface area (Å²) in [5.74, 6) is -3.53. The van der Waals surface area contributed by atoms with Crippen LogP contribution >= 0.6 is 11.6 Å². The Kier molecular flexibility index (Phi) is 7.26. The van der Waals surface area contributed by atoms with Gasteiger partial charge in [0.1, 0.15) is 23.7 Å². The Hall–Kier alpha value is -3.24. The van der Waals surface area contributed by atoms with E-state index < -0.39 is 41.3 Å². The van der Waals surface area contributed by atoms with E-state index in [9.17, 15) is 22.8 Å². The number of ether oxygens (including phenoxy) is 4. The zero-order valence-corrected chi connectivity index (χ0v) is 17.3. The van der Waals surface area contributed by atoms with Crippen molar-refractivity contribution in [2.24, 2.45) is 0 Å². The van der Waals surface area contributed by atoms with Gasteiger partial charge in [-0.15, -0.1) is 0 Å². The fourth-order valence-corrected chi connectivity index (χ4v) is 2.76. The van der Waals surface area contributed by atoms with Crippen LogP contribution in [0.3, 0.4) is 0 Å². The number of esters is 1. The van der Waals surface area contributed by atoms with Crippen LogP contribution in [0.15, 0.2) is 51.7 Å². The van der Waals surface area contributed by atoms with Crippen LogP contribution in [0.5, 0.6) is 17.2 Å². The van der Waals surface area contributed by atoms with Gasteiger partial charge in [-0.05, 0) is 24.3 Å². The van der Waals surface area contributed by atoms with Gasteiger partial charge in [0.15, 0.2) is 6.61 Å². The Morgan fingerprint density at radius 1 is 1.12 bits per heavy atom. The van der Waals surface area contributed by atoms with Crippen molar-refractivity contribution in [3.63, 3.8) is 0 Å². The summed E-state index contributed by atoms with van der Waals surface area (Å²) in [5.41, 5.74) is -1.46. The maximum Gasteiger partial charge on any atom is 0.453 e. The number of carbonyl (C=O) groups is 1. The van der Waals surface area contributed by atoms with E-state index in [0.29, 0.717) is 0 Å². The lowest BCUT2D eigenvalue weighted by Gasteiger charge is -2.14. The lowest BCUT2D eigenvalue weighted by atomic mass is 10.2. The number of alkyl halides is 3. The molecule has 0 unspecified atom stereocenters. The van der Waals surface area contributed by atoms with E-state index in [-0.39, 0.29) is 35.1 Å². The molecule has 3 aromatic rings. The van der Waals surface area contributed by atoms with Crippen LogP contribution < -0.4 is 14.9 Å². The second kappa shape index (κ2) is 9.92. The lowest BCUT2D eigenvalue weighted by Crippen LogP contribution is -2.17. The maximum absolute atomic E-state index is 13.6. The summed E-state index contributed by atoms with van der Waals surface area (Å²) in [6.45, 7) is -0.278. The second-order valence-electron chi connectivity index (χ2n) is 6.28. The molecule has 170 valence electrons. The van der Waals surface area contributed by atoms with Gasteiger partial charge in [0.25, 0.3) is 5.76 Å². The number of para-hydroxylation sites is 1. The molecule has 2 aromatic carbocycles. The van der Waals surface area contributed by atoms with Crippen LogP contribution in [0.1, 0.15) is 5.76 Å². The molecule has 0 saturated carbocycles. The summed E-state index contributed by atoms with van der Waals surface area (Å²) in [7, 11) is 1.44. The molecule has 0 saturated heterocycles. The van der Waals surface area contributed by atoms with E-state index in [0.717, 1.165) is 6.07 Å². The zero-order valence-electron chi connectivity index (χ0n) is 16.5. The molecule has 3 rings (SSSR count). The predicted octanol–water partition coefficient (Wildman–Crippen LogP) is 4.83. The van der Waals surface area contributed by atoms with Gasteiger partial charge in [-0.2, -0.15) is 13.2 Å². The first kappa shape index (κ1) is 23.4. The van der Waals surface area contributed by atoms with Crippen LogP contribution in [-0.2, 0) is 20.4 Å². The van der Waals surface area contributed by atoms with Crippen LogP contribution in [0, 0.1) is 0 Å². The summed E-state index contributed by atoms with van der Waals surface area (Å²) in [4.78, 5) is 24.4. The summed E-state index contributed by atoms with van der Waals surface area (Å²) >= 11 is 5.93. The Morgan fingerprint density at radius 3 is 2.56 bits per heavy atom. The highest BCUT2D eigenvalue weighted by molar-refractivity contribution is 6.32. The molecular weight excluding hydrogens is 457 g/mol. The lowest BCUT2D eigenvalue weighted by molar-refractivity contribution is -0.154. The van der Waals surface area contributed by atoms with Crippen molar-refractivity contribution in [1.29, 1.82) is 0 Å². The van der Waals surface area contributed by atoms with Crippen LogP contribution in [0.25, 0.3) is 11.0 Å². The Bertz CT molecular complexity index is 1170. The van der Waals surface area contributed by atoms with Crippen molar-refractivity contribution >= 4 is 28.5 Å². The highest BCUT2D eigenvalue weighted by Gasteiger charge is 2.40. The maximum atomic E-state index is 13.6. The topological polar surface area (TPSA) is 84.2 Å². The number of rotatable bonds is 8. The van der Waals surface area contributed by atoms with Gasteiger partial charge in [-0.25, -0.2) is 4.79 Å². The SMILES string of the molecule is COCCOC(=O)COc1ccc2c(=O)c(Oc3ccccc3Cl)c(C(F)(F)F)oc2c1. The van der Waals surface area contributed by atoms with E-state index in [4.69, 9.17) is 35.0 Å². The van der Waals surface area contributed by atoms with Crippen molar-refractivity contribution in [2.45, 2.75) is 6.18 Å². The Balaban J connectivity index is 1.94. The molecule has 0 bridgehead atoms. The molecule has 0 spiro atoms. The van der Waals surface area contributed by atoms with Gasteiger partial charge in [0, 0.05) is 13.2 Å². The largest absolute Gasteiger partial charge is 0.482 e. The summed E-state index contributed by atoms with van der Waals surface area (Å²) in [6.07, 6.45) is -5.04. The standard InChI is InChI=1S/C21H16ClF3O7/c1-28-8-9-29-17(26)11-30-12-6-7-13-16(10-12)32-20(21(23,24)25)19(18(13)27)31-15-5-3-2-4-14(15)22/h2-7,10H,8-9,11H2,1H3. The highest BCUT2D eigenvalue weighted by Crippen LogP contribution is 2.39. The average molecular weight is 473 g/mol. The second-order valence-corrected chi connectivity index (χ2v) is 6.69. The number of benzene rings is 2. The summed E-state index contributed by atoms with van der Waals surface area (Å²) in [6, 6.07) is 9.32. The first-order valence-electron chi connectivity index (χ1n) is 9.08. The minimum absolute atomic E-state index is 0.00256. The first-order chi connectivity index (χ1) is 15.2. The van der Waals surface area contributed by atoms with E-state index in [1.807, 2.05) is 0 Å². The predicted molar refractivity (Wildman–Crippen MR) is 107 cm³/mol. The minimum Gasteiger partial charge on any atom is -0.482 e. The molecule has 32 heavy (non-hydrogen) atoms.